The van der Waals surface area contributed by atoms with E-state index in [0.717, 1.165) is 0 Å². The number of ether oxygens (including phenoxy) is 1. The average molecular weight is 446 g/mol. The van der Waals surface area contributed by atoms with Crippen LogP contribution >= 0.6 is 23.4 Å². The molecule has 2 aromatic rings. The van der Waals surface area contributed by atoms with Crippen LogP contribution < -0.4 is 5.32 Å². The molecule has 1 aliphatic heterocycles. The molecule has 0 aromatic heterocycles. The Morgan fingerprint density at radius 1 is 1.20 bits per heavy atom. The number of hydrogen-bond acceptors (Lipinski definition) is 6. The zero-order valence-corrected chi connectivity index (χ0v) is 18.0. The number of carbonyl (C=O) groups excluding carboxylic acids is 3. The molecule has 2 aromatic carbocycles. The van der Waals surface area contributed by atoms with Crippen molar-refractivity contribution in [1.29, 1.82) is 0 Å². The summed E-state index contributed by atoms with van der Waals surface area (Å²) in [5, 5.41) is 3.21. The van der Waals surface area contributed by atoms with Crippen molar-refractivity contribution in [3.05, 3.63) is 59.1 Å². The van der Waals surface area contributed by atoms with Gasteiger partial charge in [-0.15, -0.1) is 0 Å². The van der Waals surface area contributed by atoms with Crippen molar-refractivity contribution in [2.45, 2.75) is 18.6 Å². The zero-order valence-electron chi connectivity index (χ0n) is 16.4. The normalized spacial score (nSPS) is 17.7. The van der Waals surface area contributed by atoms with Crippen LogP contribution in [0.4, 0.5) is 11.4 Å². The second kappa shape index (κ2) is 9.77. The largest absolute Gasteiger partial charge is 0.465 e. The third-order valence-electron chi connectivity index (χ3n) is 4.37. The Labute approximate surface area is 183 Å². The molecule has 9 heteroatoms. The third-order valence-corrected chi connectivity index (χ3v) is 5.81. The quantitative estimate of drug-likeness (QED) is 0.700. The standard InChI is InChI=1S/C21H20ClN3O4S/c1-3-25-18(26)12-17(19(27)23-15-10-6-14(22)7-11-15)30-21(25)24-16-8-4-13(5-9-16)20(28)29-2/h4-11,17H,3,12H2,1-2H3,(H,23,27). The Kier molecular flexibility index (Phi) is 7.12. The molecule has 0 saturated carbocycles. The maximum absolute atomic E-state index is 12.7. The van der Waals surface area contributed by atoms with E-state index in [1.807, 2.05) is 6.92 Å². The van der Waals surface area contributed by atoms with E-state index < -0.39 is 11.2 Å². The SMILES string of the molecule is CCN1C(=O)CC(C(=O)Nc2ccc(Cl)cc2)SC1=Nc1ccc(C(=O)OC)cc1. The van der Waals surface area contributed by atoms with Crippen LogP contribution in [0.1, 0.15) is 23.7 Å². The minimum absolute atomic E-state index is 0.0816. The maximum Gasteiger partial charge on any atom is 0.337 e. The molecule has 30 heavy (non-hydrogen) atoms. The topological polar surface area (TPSA) is 88.1 Å². The van der Waals surface area contributed by atoms with Crippen LogP contribution in [0.2, 0.25) is 5.02 Å². The summed E-state index contributed by atoms with van der Waals surface area (Å²) < 4.78 is 4.69. The highest BCUT2D eigenvalue weighted by atomic mass is 35.5. The van der Waals surface area contributed by atoms with Gasteiger partial charge in [0.1, 0.15) is 5.25 Å². The minimum atomic E-state index is -0.607. The first-order valence-corrected chi connectivity index (χ1v) is 10.5. The van der Waals surface area contributed by atoms with Gasteiger partial charge in [-0.3, -0.25) is 14.5 Å². The number of aliphatic imine (C=N–C) groups is 1. The molecule has 1 unspecified atom stereocenters. The molecule has 0 aliphatic carbocycles. The Morgan fingerprint density at radius 2 is 1.87 bits per heavy atom. The highest BCUT2D eigenvalue weighted by Gasteiger charge is 2.35. The molecule has 1 fully saturated rings. The predicted molar refractivity (Wildman–Crippen MR) is 118 cm³/mol. The molecule has 1 heterocycles. The van der Waals surface area contributed by atoms with E-state index in [1.54, 1.807) is 53.4 Å². The first kappa shape index (κ1) is 21.9. The van der Waals surface area contributed by atoms with Gasteiger partial charge < -0.3 is 10.1 Å². The molecule has 0 spiro atoms. The summed E-state index contributed by atoms with van der Waals surface area (Å²) in [6, 6.07) is 13.3. The van der Waals surface area contributed by atoms with Gasteiger partial charge in [0.2, 0.25) is 11.8 Å². The third kappa shape index (κ3) is 5.20. The number of nitrogens with one attached hydrogen (secondary N) is 1. The van der Waals surface area contributed by atoms with Crippen molar-refractivity contribution in [1.82, 2.24) is 4.90 Å². The Morgan fingerprint density at radius 3 is 2.47 bits per heavy atom. The molecule has 0 bridgehead atoms. The number of halogens is 1. The van der Waals surface area contributed by atoms with E-state index >= 15 is 0 Å². The first-order valence-electron chi connectivity index (χ1n) is 9.21. The predicted octanol–water partition coefficient (Wildman–Crippen LogP) is 4.11. The lowest BCUT2D eigenvalue weighted by molar-refractivity contribution is -0.129. The molecule has 156 valence electrons. The number of benzene rings is 2. The number of thioether (sulfide) groups is 1. The fourth-order valence-corrected chi connectivity index (χ4v) is 4.10. The Balaban J connectivity index is 1.79. The average Bonchev–Trinajstić information content (AvgIpc) is 2.75. The van der Waals surface area contributed by atoms with Gasteiger partial charge in [0.15, 0.2) is 5.17 Å². The number of anilines is 1. The van der Waals surface area contributed by atoms with Gasteiger partial charge >= 0.3 is 5.97 Å². The molecular weight excluding hydrogens is 426 g/mol. The van der Waals surface area contributed by atoms with Gasteiger partial charge in [-0.25, -0.2) is 9.79 Å². The lowest BCUT2D eigenvalue weighted by Crippen LogP contribution is -2.45. The Bertz CT molecular complexity index is 977. The minimum Gasteiger partial charge on any atom is -0.465 e. The van der Waals surface area contributed by atoms with E-state index in [1.165, 1.54) is 18.9 Å². The van der Waals surface area contributed by atoms with Gasteiger partial charge in [-0.2, -0.15) is 0 Å². The Hall–Kier alpha value is -2.84. The number of methoxy groups -OCH3 is 1. The van der Waals surface area contributed by atoms with E-state index in [-0.39, 0.29) is 18.2 Å². The molecule has 1 atom stereocenters. The van der Waals surface area contributed by atoms with E-state index in [2.05, 4.69) is 15.0 Å². The van der Waals surface area contributed by atoms with Crippen molar-refractivity contribution in [3.8, 4) is 0 Å². The van der Waals surface area contributed by atoms with Crippen molar-refractivity contribution in [3.63, 3.8) is 0 Å². The summed E-state index contributed by atoms with van der Waals surface area (Å²) in [7, 11) is 1.31. The fourth-order valence-electron chi connectivity index (χ4n) is 2.81. The number of rotatable bonds is 5. The van der Waals surface area contributed by atoms with Gasteiger partial charge in [-0.05, 0) is 55.5 Å². The lowest BCUT2D eigenvalue weighted by atomic mass is 10.2. The van der Waals surface area contributed by atoms with Crippen molar-refractivity contribution in [2.75, 3.05) is 19.0 Å². The molecule has 1 saturated heterocycles. The van der Waals surface area contributed by atoms with Crippen molar-refractivity contribution in [2.24, 2.45) is 4.99 Å². The number of amidine groups is 1. The van der Waals surface area contributed by atoms with Crippen LogP contribution in [0.25, 0.3) is 0 Å². The monoisotopic (exact) mass is 445 g/mol. The van der Waals surface area contributed by atoms with Gasteiger partial charge in [-0.1, -0.05) is 23.4 Å². The van der Waals surface area contributed by atoms with Crippen molar-refractivity contribution < 1.29 is 19.1 Å². The van der Waals surface area contributed by atoms with Crippen LogP contribution in [0.3, 0.4) is 0 Å². The van der Waals surface area contributed by atoms with Crippen LogP contribution in [-0.4, -0.2) is 46.8 Å². The summed E-state index contributed by atoms with van der Waals surface area (Å²) in [5.41, 5.74) is 1.57. The molecule has 0 radical (unpaired) electrons. The van der Waals surface area contributed by atoms with E-state index in [4.69, 9.17) is 11.6 Å². The highest BCUT2D eigenvalue weighted by molar-refractivity contribution is 8.15. The number of nitrogens with zero attached hydrogens (tertiary/aromatic N) is 2. The summed E-state index contributed by atoms with van der Waals surface area (Å²) >= 11 is 7.10. The second-order valence-corrected chi connectivity index (χ2v) is 7.98. The lowest BCUT2D eigenvalue weighted by Gasteiger charge is -2.30. The van der Waals surface area contributed by atoms with Crippen LogP contribution in [0.15, 0.2) is 53.5 Å². The molecular formula is C21H20ClN3O4S. The van der Waals surface area contributed by atoms with Gasteiger partial charge in [0, 0.05) is 23.7 Å². The van der Waals surface area contributed by atoms with Crippen LogP contribution in [0, 0.1) is 0 Å². The molecule has 7 nitrogen and oxygen atoms in total. The smallest absolute Gasteiger partial charge is 0.337 e. The van der Waals surface area contributed by atoms with Crippen molar-refractivity contribution >= 4 is 57.7 Å². The van der Waals surface area contributed by atoms with Gasteiger partial charge in [0.05, 0.1) is 18.4 Å². The molecule has 2 amide bonds. The molecule has 1 N–H and O–H groups in total. The molecule has 3 rings (SSSR count). The van der Waals surface area contributed by atoms with Crippen LogP contribution in [-0.2, 0) is 14.3 Å². The first-order chi connectivity index (χ1) is 14.4. The number of hydrogen-bond donors (Lipinski definition) is 1. The van der Waals surface area contributed by atoms with E-state index in [9.17, 15) is 14.4 Å². The summed E-state index contributed by atoms with van der Waals surface area (Å²) in [5.74, 6) is -0.886. The maximum atomic E-state index is 12.7. The van der Waals surface area contributed by atoms with Crippen LogP contribution in [0.5, 0.6) is 0 Å². The molecule has 1 aliphatic rings. The van der Waals surface area contributed by atoms with Gasteiger partial charge in [0.25, 0.3) is 0 Å². The number of carbonyl (C=O) groups is 3. The zero-order chi connectivity index (χ0) is 21.7. The summed E-state index contributed by atoms with van der Waals surface area (Å²) in [4.78, 5) is 43.0. The fraction of sp³-hybridized carbons (Fsp3) is 0.238. The summed E-state index contributed by atoms with van der Waals surface area (Å²) in [6.07, 6.45) is 0.0816. The summed E-state index contributed by atoms with van der Waals surface area (Å²) in [6.45, 7) is 2.29. The number of amides is 2. The van der Waals surface area contributed by atoms with E-state index in [0.29, 0.717) is 33.7 Å². The number of esters is 1. The second-order valence-electron chi connectivity index (χ2n) is 6.38. The highest BCUT2D eigenvalue weighted by Crippen LogP contribution is 2.30.